The molecule has 1 fully saturated rings. The summed E-state index contributed by atoms with van der Waals surface area (Å²) in [4.78, 5) is 0.908. The lowest BCUT2D eigenvalue weighted by Gasteiger charge is -2.24. The van der Waals surface area contributed by atoms with Crippen LogP contribution in [0.3, 0.4) is 0 Å². The molecule has 0 bridgehead atoms. The van der Waals surface area contributed by atoms with Crippen LogP contribution in [-0.4, -0.2) is 25.4 Å². The van der Waals surface area contributed by atoms with Crippen LogP contribution in [0.15, 0.2) is 29.2 Å². The number of ether oxygens (including phenoxy) is 1. The van der Waals surface area contributed by atoms with E-state index in [-0.39, 0.29) is 22.6 Å². The quantitative estimate of drug-likeness (QED) is 0.767. The number of nitrogens with one attached hydrogen (secondary N) is 1. The van der Waals surface area contributed by atoms with E-state index in [1.54, 1.807) is 6.07 Å². The number of fused-ring (bicyclic) bond motifs is 3. The van der Waals surface area contributed by atoms with E-state index >= 15 is 0 Å². The molecule has 1 N–H and O–H groups in total. The van der Waals surface area contributed by atoms with Crippen LogP contribution in [0.4, 0.5) is 8.78 Å². The Bertz CT molecular complexity index is 791. The van der Waals surface area contributed by atoms with Crippen molar-refractivity contribution in [1.29, 1.82) is 0 Å². The molecule has 2 aliphatic heterocycles. The minimum Gasteiger partial charge on any atom is -0.488 e. The van der Waals surface area contributed by atoms with Gasteiger partial charge in [-0.15, -0.1) is 11.8 Å². The van der Waals surface area contributed by atoms with Crippen LogP contribution in [0.5, 0.6) is 5.75 Å². The normalized spacial score (nSPS) is 22.0. The molecule has 2 aromatic carbocycles. The van der Waals surface area contributed by atoms with E-state index in [1.165, 1.54) is 11.8 Å². The lowest BCUT2D eigenvalue weighted by atomic mass is 9.89. The van der Waals surface area contributed by atoms with Crippen molar-refractivity contribution in [2.45, 2.75) is 23.3 Å². The molecule has 1 saturated heterocycles. The van der Waals surface area contributed by atoms with E-state index in [4.69, 9.17) is 16.3 Å². The van der Waals surface area contributed by atoms with Crippen molar-refractivity contribution >= 4 is 23.4 Å². The van der Waals surface area contributed by atoms with Gasteiger partial charge in [-0.2, -0.15) is 0 Å². The molecule has 2 atom stereocenters. The summed E-state index contributed by atoms with van der Waals surface area (Å²) in [5.41, 5.74) is 1.52. The Morgan fingerprint density at radius 1 is 1.21 bits per heavy atom. The summed E-state index contributed by atoms with van der Waals surface area (Å²) in [6, 6.07) is 5.95. The van der Waals surface area contributed by atoms with Crippen LogP contribution in [0.25, 0.3) is 11.1 Å². The molecule has 2 aliphatic rings. The van der Waals surface area contributed by atoms with E-state index in [9.17, 15) is 8.78 Å². The summed E-state index contributed by atoms with van der Waals surface area (Å²) >= 11 is 7.27. The standard InChI is InChI=1S/C18H16ClF2NOS/c1-24-16-5-9(17-13(20)6-10(19)7-14(17)21)4-11-12-8-22-3-2-15(12)23-18(11)16/h4-7,12,15,22H,2-3,8H2,1H3/t12-,15-/m0/s1. The zero-order valence-electron chi connectivity index (χ0n) is 13.0. The molecule has 0 aromatic heterocycles. The summed E-state index contributed by atoms with van der Waals surface area (Å²) in [5.74, 6) is -0.216. The molecule has 0 spiro atoms. The van der Waals surface area contributed by atoms with E-state index in [1.807, 2.05) is 12.3 Å². The van der Waals surface area contributed by atoms with Crippen LogP contribution in [0.1, 0.15) is 17.9 Å². The average molecular weight is 368 g/mol. The van der Waals surface area contributed by atoms with Crippen molar-refractivity contribution < 1.29 is 13.5 Å². The predicted octanol–water partition coefficient (Wildman–Crippen LogP) is 4.85. The van der Waals surface area contributed by atoms with Gasteiger partial charge in [-0.3, -0.25) is 0 Å². The zero-order chi connectivity index (χ0) is 16.8. The summed E-state index contributed by atoms with van der Waals surface area (Å²) in [7, 11) is 0. The summed E-state index contributed by atoms with van der Waals surface area (Å²) in [6.07, 6.45) is 3.02. The van der Waals surface area contributed by atoms with Crippen LogP contribution >= 0.6 is 23.4 Å². The lowest BCUT2D eigenvalue weighted by molar-refractivity contribution is 0.169. The Labute approximate surface area is 148 Å². The largest absolute Gasteiger partial charge is 0.488 e. The molecule has 0 aliphatic carbocycles. The Kier molecular flexibility index (Phi) is 4.19. The third kappa shape index (κ3) is 2.59. The van der Waals surface area contributed by atoms with E-state index in [0.717, 1.165) is 47.9 Å². The molecule has 0 saturated carbocycles. The number of halogens is 3. The maximum absolute atomic E-state index is 14.3. The van der Waals surface area contributed by atoms with E-state index < -0.39 is 11.6 Å². The highest BCUT2D eigenvalue weighted by atomic mass is 35.5. The van der Waals surface area contributed by atoms with Crippen molar-refractivity contribution in [3.05, 3.63) is 46.5 Å². The molecule has 0 amide bonds. The summed E-state index contributed by atoms with van der Waals surface area (Å²) in [6.45, 7) is 1.75. The Hall–Kier alpha value is -1.30. The topological polar surface area (TPSA) is 21.3 Å². The second-order valence-corrected chi connectivity index (χ2v) is 7.38. The molecule has 2 heterocycles. The zero-order valence-corrected chi connectivity index (χ0v) is 14.6. The third-order valence-electron chi connectivity index (χ3n) is 4.69. The van der Waals surface area contributed by atoms with Gasteiger partial charge in [-0.1, -0.05) is 11.6 Å². The SMILES string of the molecule is CSc1cc(-c2c(F)cc(Cl)cc2F)cc2c1O[C@H]1CCNC[C@@H]21. The molecule has 2 aromatic rings. The number of hydrogen-bond donors (Lipinski definition) is 1. The second-order valence-electron chi connectivity index (χ2n) is 6.10. The van der Waals surface area contributed by atoms with Crippen molar-refractivity contribution in [1.82, 2.24) is 5.32 Å². The summed E-state index contributed by atoms with van der Waals surface area (Å²) < 4.78 is 34.8. The molecular formula is C18H16ClF2NOS. The van der Waals surface area contributed by atoms with Crippen molar-refractivity contribution in [3.63, 3.8) is 0 Å². The van der Waals surface area contributed by atoms with E-state index in [0.29, 0.717) is 5.56 Å². The summed E-state index contributed by atoms with van der Waals surface area (Å²) in [5, 5.41) is 3.43. The van der Waals surface area contributed by atoms with Gasteiger partial charge in [-0.05, 0) is 49.1 Å². The number of rotatable bonds is 2. The van der Waals surface area contributed by atoms with Gasteiger partial charge in [0.25, 0.3) is 0 Å². The van der Waals surface area contributed by atoms with Gasteiger partial charge in [0.2, 0.25) is 0 Å². The molecule has 126 valence electrons. The highest BCUT2D eigenvalue weighted by Gasteiger charge is 2.38. The smallest absolute Gasteiger partial charge is 0.136 e. The molecule has 2 nitrogen and oxygen atoms in total. The maximum atomic E-state index is 14.3. The number of piperidine rings is 1. The molecular weight excluding hydrogens is 352 g/mol. The molecule has 4 rings (SSSR count). The Morgan fingerprint density at radius 2 is 1.96 bits per heavy atom. The fraction of sp³-hybridized carbons (Fsp3) is 0.333. The maximum Gasteiger partial charge on any atom is 0.136 e. The molecule has 0 radical (unpaired) electrons. The fourth-order valence-corrected chi connectivity index (χ4v) is 4.36. The predicted molar refractivity (Wildman–Crippen MR) is 93.2 cm³/mol. The first kappa shape index (κ1) is 16.2. The molecule has 0 unspecified atom stereocenters. The van der Waals surface area contributed by atoms with Crippen molar-refractivity contribution in [2.24, 2.45) is 0 Å². The molecule has 24 heavy (non-hydrogen) atoms. The van der Waals surface area contributed by atoms with E-state index in [2.05, 4.69) is 5.32 Å². The van der Waals surface area contributed by atoms with Crippen LogP contribution in [-0.2, 0) is 0 Å². The second kappa shape index (κ2) is 6.21. The third-order valence-corrected chi connectivity index (χ3v) is 5.65. The fourth-order valence-electron chi connectivity index (χ4n) is 3.58. The minimum atomic E-state index is -0.649. The lowest BCUT2D eigenvalue weighted by Crippen LogP contribution is -2.37. The van der Waals surface area contributed by atoms with Crippen molar-refractivity contribution in [3.8, 4) is 16.9 Å². The van der Waals surface area contributed by atoms with Gasteiger partial charge in [0.05, 0.1) is 10.5 Å². The van der Waals surface area contributed by atoms with Crippen LogP contribution < -0.4 is 10.1 Å². The Balaban J connectivity index is 1.88. The highest BCUT2D eigenvalue weighted by Crippen LogP contribution is 2.48. The monoisotopic (exact) mass is 367 g/mol. The first-order valence-electron chi connectivity index (χ1n) is 7.82. The van der Waals surface area contributed by atoms with Gasteiger partial charge >= 0.3 is 0 Å². The van der Waals surface area contributed by atoms with Crippen LogP contribution in [0, 0.1) is 11.6 Å². The van der Waals surface area contributed by atoms with Gasteiger partial charge < -0.3 is 10.1 Å². The first-order valence-corrected chi connectivity index (χ1v) is 9.43. The number of benzene rings is 2. The van der Waals surface area contributed by atoms with Gasteiger partial charge in [0.15, 0.2) is 0 Å². The highest BCUT2D eigenvalue weighted by molar-refractivity contribution is 7.98. The Morgan fingerprint density at radius 3 is 2.67 bits per heavy atom. The van der Waals surface area contributed by atoms with Crippen molar-refractivity contribution in [2.75, 3.05) is 19.3 Å². The number of thioether (sulfide) groups is 1. The average Bonchev–Trinajstić information content (AvgIpc) is 2.92. The minimum absolute atomic E-state index is 0.0373. The molecule has 6 heteroatoms. The first-order chi connectivity index (χ1) is 11.6. The van der Waals surface area contributed by atoms with Gasteiger partial charge in [0, 0.05) is 23.0 Å². The number of hydrogen-bond acceptors (Lipinski definition) is 3. The van der Waals surface area contributed by atoms with Gasteiger partial charge in [-0.25, -0.2) is 8.78 Å². The van der Waals surface area contributed by atoms with Gasteiger partial charge in [0.1, 0.15) is 23.5 Å². The van der Waals surface area contributed by atoms with Crippen LogP contribution in [0.2, 0.25) is 5.02 Å².